The third-order valence-electron chi connectivity index (χ3n) is 7.79. The van der Waals surface area contributed by atoms with Gasteiger partial charge < -0.3 is 39.6 Å². The maximum atomic E-state index is 12.9. The van der Waals surface area contributed by atoms with Crippen LogP contribution in [0.15, 0.2) is 30.3 Å². The van der Waals surface area contributed by atoms with Gasteiger partial charge in [-0.15, -0.1) is 0 Å². The van der Waals surface area contributed by atoms with Crippen molar-refractivity contribution in [3.05, 3.63) is 40.9 Å². The maximum Gasteiger partial charge on any atom is 0.490 e. The number of hydrogen-bond donors (Lipinski definition) is 3. The number of nitrogens with one attached hydrogen (secondary N) is 2. The zero-order valence-electron chi connectivity index (χ0n) is 23.9. The van der Waals surface area contributed by atoms with Crippen LogP contribution in [0, 0.1) is 0 Å². The van der Waals surface area contributed by atoms with Crippen LogP contribution in [0.3, 0.4) is 0 Å². The summed E-state index contributed by atoms with van der Waals surface area (Å²) in [6, 6.07) is 9.63. The summed E-state index contributed by atoms with van der Waals surface area (Å²) in [5.41, 5.74) is 1.78. The van der Waals surface area contributed by atoms with Crippen molar-refractivity contribution in [3.63, 3.8) is 0 Å². The molecule has 4 rings (SSSR count). The highest BCUT2D eigenvalue weighted by Gasteiger charge is 2.50. The second-order valence-corrected chi connectivity index (χ2v) is 10.4. The van der Waals surface area contributed by atoms with Gasteiger partial charge in [0.25, 0.3) is 0 Å². The largest absolute Gasteiger partial charge is 0.495 e. The second-order valence-electron chi connectivity index (χ2n) is 10.0. The van der Waals surface area contributed by atoms with Gasteiger partial charge in [0.2, 0.25) is 0 Å². The minimum atomic E-state index is -5.08. The van der Waals surface area contributed by atoms with E-state index in [0.29, 0.717) is 28.3 Å². The van der Waals surface area contributed by atoms with E-state index >= 15 is 0 Å². The maximum absolute atomic E-state index is 12.9. The van der Waals surface area contributed by atoms with Crippen LogP contribution in [0.25, 0.3) is 0 Å². The number of rotatable bonds is 7. The molecule has 1 saturated heterocycles. The van der Waals surface area contributed by atoms with E-state index in [9.17, 15) is 18.0 Å². The Bertz CT molecular complexity index is 1280. The van der Waals surface area contributed by atoms with Crippen LogP contribution in [-0.2, 0) is 10.2 Å². The highest BCUT2D eigenvalue weighted by molar-refractivity contribution is 6.32. The summed E-state index contributed by atoms with van der Waals surface area (Å²) in [6.45, 7) is 1.01. The summed E-state index contributed by atoms with van der Waals surface area (Å²) in [4.78, 5) is 24.2. The molecule has 0 radical (unpaired) electrons. The lowest BCUT2D eigenvalue weighted by atomic mass is 9.65. The minimum absolute atomic E-state index is 0.0235. The van der Waals surface area contributed by atoms with Gasteiger partial charge in [-0.05, 0) is 63.0 Å². The molecule has 2 fully saturated rings. The predicted molar refractivity (Wildman–Crippen MR) is 150 cm³/mol. The lowest BCUT2D eigenvalue weighted by molar-refractivity contribution is -0.192. The van der Waals surface area contributed by atoms with Crippen molar-refractivity contribution >= 4 is 29.3 Å². The molecule has 2 aliphatic rings. The molecule has 232 valence electrons. The fraction of sp³-hybridized carbons (Fsp3) is 0.500. The molecule has 0 bridgehead atoms. The number of halogens is 4. The van der Waals surface area contributed by atoms with Gasteiger partial charge in [0.1, 0.15) is 11.5 Å². The van der Waals surface area contributed by atoms with E-state index in [0.717, 1.165) is 43.7 Å². The highest BCUT2D eigenvalue weighted by atomic mass is 35.5. The van der Waals surface area contributed by atoms with E-state index in [1.54, 1.807) is 26.4 Å². The molecule has 0 spiro atoms. The summed E-state index contributed by atoms with van der Waals surface area (Å²) in [5.74, 6) is -0.311. The third kappa shape index (κ3) is 7.24. The van der Waals surface area contributed by atoms with Crippen LogP contribution < -0.4 is 29.6 Å². The molecule has 2 amide bonds. The Morgan fingerprint density at radius 3 is 2.17 bits per heavy atom. The quantitative estimate of drug-likeness (QED) is 0.382. The molecule has 0 aromatic heterocycles. The number of alkyl halides is 3. The number of carboxylic acid groups (broad SMARTS) is 1. The van der Waals surface area contributed by atoms with Crippen molar-refractivity contribution in [1.29, 1.82) is 0 Å². The molecule has 3 unspecified atom stereocenters. The monoisotopic (exact) mass is 617 g/mol. The lowest BCUT2D eigenvalue weighted by Gasteiger charge is -2.45. The number of urea groups is 1. The van der Waals surface area contributed by atoms with Gasteiger partial charge in [0.15, 0.2) is 11.5 Å². The minimum Gasteiger partial charge on any atom is -0.495 e. The summed E-state index contributed by atoms with van der Waals surface area (Å²) in [6.07, 6.45) is -1.30. The molecule has 1 aliphatic heterocycles. The predicted octanol–water partition coefficient (Wildman–Crippen LogP) is 5.32. The smallest absolute Gasteiger partial charge is 0.490 e. The Labute approximate surface area is 247 Å². The summed E-state index contributed by atoms with van der Waals surface area (Å²) < 4.78 is 53.4. The number of anilines is 1. The number of aliphatic carboxylic acids is 1. The average Bonchev–Trinajstić information content (AvgIpc) is 3.29. The van der Waals surface area contributed by atoms with E-state index in [2.05, 4.69) is 34.7 Å². The van der Waals surface area contributed by atoms with Crippen LogP contribution in [0.5, 0.6) is 23.0 Å². The Morgan fingerprint density at radius 2 is 1.60 bits per heavy atom. The molecule has 1 heterocycles. The highest BCUT2D eigenvalue weighted by Crippen LogP contribution is 2.50. The molecule has 2 aromatic rings. The Kier molecular flexibility index (Phi) is 10.7. The molecule has 42 heavy (non-hydrogen) atoms. The molecule has 14 heteroatoms. The van der Waals surface area contributed by atoms with Gasteiger partial charge in [-0.1, -0.05) is 17.7 Å². The molecule has 3 N–H and O–H groups in total. The second kappa shape index (κ2) is 13.6. The van der Waals surface area contributed by atoms with Gasteiger partial charge >= 0.3 is 18.2 Å². The van der Waals surface area contributed by atoms with Gasteiger partial charge in [0, 0.05) is 23.6 Å². The molecular weight excluding hydrogens is 583 g/mol. The Balaban J connectivity index is 0.000000616. The fourth-order valence-electron chi connectivity index (χ4n) is 5.70. The average molecular weight is 618 g/mol. The molecule has 2 aromatic carbocycles. The first-order valence-electron chi connectivity index (χ1n) is 13.0. The number of amides is 2. The first kappa shape index (κ1) is 32.9. The van der Waals surface area contributed by atoms with E-state index in [-0.39, 0.29) is 17.5 Å². The van der Waals surface area contributed by atoms with Gasteiger partial charge in [0.05, 0.1) is 39.1 Å². The van der Waals surface area contributed by atoms with E-state index in [1.807, 2.05) is 6.07 Å². The SMILES string of the molecule is COc1cc(OC)c(NC(=O)NC2CCC3(c4ccc(OC)c(OC)c4)CCN(C)C3C2)cc1Cl.O=C(O)C(F)(F)F. The lowest BCUT2D eigenvalue weighted by Crippen LogP contribution is -2.52. The van der Waals surface area contributed by atoms with Crippen molar-refractivity contribution in [1.82, 2.24) is 10.2 Å². The fourth-order valence-corrected chi connectivity index (χ4v) is 5.94. The van der Waals surface area contributed by atoms with Gasteiger partial charge in [-0.2, -0.15) is 13.2 Å². The normalized spacial score (nSPS) is 21.7. The van der Waals surface area contributed by atoms with E-state index in [4.69, 9.17) is 40.4 Å². The standard InChI is InChI=1S/C26H34ClN3O5.C2HF3O2/c1-30-11-10-26(16-6-7-20(32-2)23(12-16)35-5)9-8-17(13-24(26)30)28-25(31)29-19-14-18(27)21(33-3)15-22(19)34-4;3-2(4,5)1(6)7/h6-7,12,14-15,17,24H,8-11,13H2,1-5H3,(H2,28,29,31);(H,6,7). The van der Waals surface area contributed by atoms with Crippen molar-refractivity contribution in [2.75, 3.05) is 47.3 Å². The number of carboxylic acids is 1. The van der Waals surface area contributed by atoms with Crippen LogP contribution in [0.2, 0.25) is 5.02 Å². The number of carbonyl (C=O) groups excluding carboxylic acids is 1. The number of ether oxygens (including phenoxy) is 4. The molecule has 3 atom stereocenters. The number of benzene rings is 2. The number of hydrogen-bond acceptors (Lipinski definition) is 7. The summed E-state index contributed by atoms with van der Waals surface area (Å²) in [5, 5.41) is 13.6. The topological polar surface area (TPSA) is 119 Å². The number of likely N-dealkylation sites (N-methyl/N-ethyl adjacent to an activating group) is 1. The number of carbonyl (C=O) groups is 2. The third-order valence-corrected chi connectivity index (χ3v) is 8.08. The first-order valence-corrected chi connectivity index (χ1v) is 13.4. The van der Waals surface area contributed by atoms with Crippen LogP contribution in [0.4, 0.5) is 23.7 Å². The molecule has 1 aliphatic carbocycles. The van der Waals surface area contributed by atoms with Crippen molar-refractivity contribution in [2.45, 2.75) is 49.4 Å². The van der Waals surface area contributed by atoms with Crippen molar-refractivity contribution in [2.24, 2.45) is 0 Å². The van der Waals surface area contributed by atoms with Gasteiger partial charge in [-0.3, -0.25) is 0 Å². The molecule has 1 saturated carbocycles. The summed E-state index contributed by atoms with van der Waals surface area (Å²) in [7, 11) is 8.56. The van der Waals surface area contributed by atoms with Crippen molar-refractivity contribution < 1.29 is 46.8 Å². The zero-order chi connectivity index (χ0) is 31.2. The van der Waals surface area contributed by atoms with Crippen molar-refractivity contribution in [3.8, 4) is 23.0 Å². The number of likely N-dealkylation sites (tertiary alicyclic amines) is 1. The Morgan fingerprint density at radius 1 is 0.976 bits per heavy atom. The van der Waals surface area contributed by atoms with Crippen LogP contribution in [-0.4, -0.2) is 82.3 Å². The number of fused-ring (bicyclic) bond motifs is 1. The van der Waals surface area contributed by atoms with Crippen LogP contribution in [0.1, 0.15) is 31.2 Å². The molecular formula is C28H35ClF3N3O7. The molecule has 10 nitrogen and oxygen atoms in total. The van der Waals surface area contributed by atoms with E-state index in [1.165, 1.54) is 19.8 Å². The number of methoxy groups -OCH3 is 4. The zero-order valence-corrected chi connectivity index (χ0v) is 24.7. The van der Waals surface area contributed by atoms with Gasteiger partial charge in [-0.25, -0.2) is 9.59 Å². The first-order chi connectivity index (χ1) is 19.8. The van der Waals surface area contributed by atoms with E-state index < -0.39 is 12.1 Å². The van der Waals surface area contributed by atoms with Crippen LogP contribution >= 0.6 is 11.6 Å². The number of nitrogens with zero attached hydrogens (tertiary/aromatic N) is 1. The summed E-state index contributed by atoms with van der Waals surface area (Å²) >= 11 is 6.25. The Hall–Kier alpha value is -3.58.